The molecule has 3 aromatic rings. The van der Waals surface area contributed by atoms with Crippen LogP contribution in [0.2, 0.25) is 0 Å². The summed E-state index contributed by atoms with van der Waals surface area (Å²) in [4.78, 5) is 10.6. The number of hydrogen-bond acceptors (Lipinski definition) is 6. The first-order valence-electron chi connectivity index (χ1n) is 9.23. The molecule has 0 aliphatic heterocycles. The van der Waals surface area contributed by atoms with Gasteiger partial charge in [0.25, 0.3) is 0 Å². The Morgan fingerprint density at radius 2 is 1.84 bits per heavy atom. The Kier molecular flexibility index (Phi) is 6.64. The molecular weight excluding hydrogens is 443 g/mol. The molecule has 0 radical (unpaired) electrons. The van der Waals surface area contributed by atoms with E-state index in [2.05, 4.69) is 20.7 Å². The first-order valence-corrected chi connectivity index (χ1v) is 10.6. The van der Waals surface area contributed by atoms with Gasteiger partial charge in [-0.1, -0.05) is 30.9 Å². The molecule has 0 atom stereocenters. The molecule has 0 bridgehead atoms. The van der Waals surface area contributed by atoms with Crippen molar-refractivity contribution in [3.05, 3.63) is 85.3 Å². The Morgan fingerprint density at radius 1 is 1.12 bits per heavy atom. The van der Waals surface area contributed by atoms with Crippen LogP contribution in [0.1, 0.15) is 6.92 Å². The number of anilines is 2. The van der Waals surface area contributed by atoms with Gasteiger partial charge in [0.1, 0.15) is 17.4 Å². The van der Waals surface area contributed by atoms with Crippen LogP contribution >= 0.6 is 0 Å². The molecule has 1 heterocycles. The van der Waals surface area contributed by atoms with Crippen molar-refractivity contribution < 1.29 is 25.8 Å². The van der Waals surface area contributed by atoms with E-state index in [4.69, 9.17) is 0 Å². The van der Waals surface area contributed by atoms with Crippen LogP contribution in [0.5, 0.6) is 5.75 Å². The Bertz CT molecular complexity index is 1290. The molecule has 0 aliphatic carbocycles. The van der Waals surface area contributed by atoms with Crippen molar-refractivity contribution in [2.45, 2.75) is 12.4 Å². The fourth-order valence-electron chi connectivity index (χ4n) is 2.83. The topological polar surface area (TPSA) is 71.9 Å². The van der Waals surface area contributed by atoms with Crippen molar-refractivity contribution in [1.29, 1.82) is 0 Å². The third-order valence-electron chi connectivity index (χ3n) is 4.22. The molecule has 0 N–H and O–H groups in total. The lowest BCUT2D eigenvalue weighted by molar-refractivity contribution is -0.0500. The van der Waals surface area contributed by atoms with E-state index in [1.54, 1.807) is 47.5 Å². The predicted molar refractivity (Wildman–Crippen MR) is 118 cm³/mol. The Labute approximate surface area is 183 Å². The SMILES string of the molecule is C=C/C=N\C(=C/C)N(c1ccc2cc(OS(=O)(=O)C(F)(F)F)ccc2c1)c1ccccn1. The maximum Gasteiger partial charge on any atom is 0.534 e. The molecule has 0 aliphatic rings. The molecule has 3 rings (SSSR count). The molecule has 0 unspecified atom stereocenters. The molecule has 166 valence electrons. The zero-order valence-electron chi connectivity index (χ0n) is 16.8. The number of aliphatic imine (C=N–C) groups is 1. The maximum absolute atomic E-state index is 12.6. The van der Waals surface area contributed by atoms with Crippen molar-refractivity contribution in [2.75, 3.05) is 4.90 Å². The van der Waals surface area contributed by atoms with Gasteiger partial charge in [0, 0.05) is 18.1 Å². The second-order valence-corrected chi connectivity index (χ2v) is 7.90. The quantitative estimate of drug-likeness (QED) is 0.256. The summed E-state index contributed by atoms with van der Waals surface area (Å²) in [6.07, 6.45) is 6.50. The number of rotatable bonds is 7. The van der Waals surface area contributed by atoms with Crippen LogP contribution in [-0.2, 0) is 10.1 Å². The minimum absolute atomic E-state index is 0.436. The maximum atomic E-state index is 12.6. The molecular formula is C22H18F3N3O3S. The van der Waals surface area contributed by atoms with Gasteiger partial charge in [0.2, 0.25) is 0 Å². The molecule has 0 saturated carbocycles. The van der Waals surface area contributed by atoms with Gasteiger partial charge in [-0.2, -0.15) is 21.6 Å². The first kappa shape index (κ1) is 23.0. The van der Waals surface area contributed by atoms with E-state index in [9.17, 15) is 21.6 Å². The first-order chi connectivity index (χ1) is 15.2. The number of benzene rings is 2. The molecule has 0 saturated heterocycles. The van der Waals surface area contributed by atoms with Gasteiger partial charge in [-0.3, -0.25) is 4.90 Å². The van der Waals surface area contributed by atoms with Crippen LogP contribution in [0, 0.1) is 0 Å². The number of allylic oxidation sites excluding steroid dienone is 2. The summed E-state index contributed by atoms with van der Waals surface area (Å²) in [6.45, 7) is 5.44. The molecule has 32 heavy (non-hydrogen) atoms. The zero-order valence-corrected chi connectivity index (χ0v) is 17.6. The minimum atomic E-state index is -5.75. The van der Waals surface area contributed by atoms with Crippen molar-refractivity contribution >= 4 is 38.6 Å². The number of hydrogen-bond donors (Lipinski definition) is 0. The van der Waals surface area contributed by atoms with Crippen molar-refractivity contribution in [3.63, 3.8) is 0 Å². The molecule has 6 nitrogen and oxygen atoms in total. The summed E-state index contributed by atoms with van der Waals surface area (Å²) in [5.74, 6) is 0.727. The van der Waals surface area contributed by atoms with Crippen LogP contribution in [0.25, 0.3) is 10.8 Å². The highest BCUT2D eigenvalue weighted by Crippen LogP contribution is 2.33. The van der Waals surface area contributed by atoms with Gasteiger partial charge in [0.05, 0.1) is 0 Å². The van der Waals surface area contributed by atoms with E-state index < -0.39 is 21.4 Å². The Hall–Kier alpha value is -3.66. The highest BCUT2D eigenvalue weighted by Gasteiger charge is 2.48. The smallest absolute Gasteiger partial charge is 0.376 e. The van der Waals surface area contributed by atoms with Crippen LogP contribution in [0.15, 0.2) is 90.3 Å². The number of halogens is 3. The summed E-state index contributed by atoms with van der Waals surface area (Å²) in [7, 11) is -5.75. The average molecular weight is 461 g/mol. The summed E-state index contributed by atoms with van der Waals surface area (Å²) >= 11 is 0. The van der Waals surface area contributed by atoms with Crippen LogP contribution in [-0.4, -0.2) is 25.1 Å². The molecule has 0 spiro atoms. The molecule has 10 heteroatoms. The third-order valence-corrected chi connectivity index (χ3v) is 5.20. The van der Waals surface area contributed by atoms with Crippen molar-refractivity contribution in [3.8, 4) is 5.75 Å². The molecule has 1 aromatic heterocycles. The lowest BCUT2D eigenvalue weighted by Gasteiger charge is -2.24. The highest BCUT2D eigenvalue weighted by molar-refractivity contribution is 7.88. The number of pyridine rings is 1. The van der Waals surface area contributed by atoms with Gasteiger partial charge < -0.3 is 4.18 Å². The third kappa shape index (κ3) is 4.97. The number of aromatic nitrogens is 1. The van der Waals surface area contributed by atoms with Gasteiger partial charge in [-0.05, 0) is 60.2 Å². The molecule has 0 amide bonds. The second-order valence-electron chi connectivity index (χ2n) is 6.36. The number of nitrogens with zero attached hydrogens (tertiary/aromatic N) is 3. The number of fused-ring (bicyclic) bond motifs is 1. The second kappa shape index (κ2) is 9.23. The van der Waals surface area contributed by atoms with Crippen LogP contribution in [0.3, 0.4) is 0 Å². The zero-order chi connectivity index (χ0) is 23.4. The van der Waals surface area contributed by atoms with Gasteiger partial charge in [-0.15, -0.1) is 0 Å². The largest absolute Gasteiger partial charge is 0.534 e. The van der Waals surface area contributed by atoms with E-state index in [0.29, 0.717) is 28.1 Å². The van der Waals surface area contributed by atoms with Gasteiger partial charge in [-0.25, -0.2) is 9.98 Å². The van der Waals surface area contributed by atoms with E-state index >= 15 is 0 Å². The normalized spacial score (nSPS) is 12.8. The summed E-state index contributed by atoms with van der Waals surface area (Å²) in [5.41, 5.74) is -4.83. The fraction of sp³-hybridized carbons (Fsp3) is 0.0909. The fourth-order valence-corrected chi connectivity index (χ4v) is 3.29. The minimum Gasteiger partial charge on any atom is -0.376 e. The predicted octanol–water partition coefficient (Wildman–Crippen LogP) is 5.72. The van der Waals surface area contributed by atoms with Crippen molar-refractivity contribution in [1.82, 2.24) is 4.98 Å². The van der Waals surface area contributed by atoms with E-state index in [1.165, 1.54) is 24.4 Å². The lowest BCUT2D eigenvalue weighted by atomic mass is 10.1. The van der Waals surface area contributed by atoms with E-state index in [1.807, 2.05) is 13.0 Å². The Morgan fingerprint density at radius 3 is 2.47 bits per heavy atom. The highest BCUT2D eigenvalue weighted by atomic mass is 32.2. The van der Waals surface area contributed by atoms with Crippen LogP contribution < -0.4 is 9.08 Å². The van der Waals surface area contributed by atoms with Crippen LogP contribution in [0.4, 0.5) is 24.7 Å². The molecule has 0 fully saturated rings. The Balaban J connectivity index is 2.05. The van der Waals surface area contributed by atoms with E-state index in [-0.39, 0.29) is 0 Å². The lowest BCUT2D eigenvalue weighted by Crippen LogP contribution is -2.28. The van der Waals surface area contributed by atoms with Crippen molar-refractivity contribution in [2.24, 2.45) is 4.99 Å². The monoisotopic (exact) mass is 461 g/mol. The average Bonchev–Trinajstić information content (AvgIpc) is 2.76. The summed E-state index contributed by atoms with van der Waals surface area (Å²) in [6, 6.07) is 14.4. The standard InChI is InChI=1S/C22H18F3N3O3S/c1-3-12-26-20(4-2)28(21-7-5-6-13-27-21)18-10-8-17-15-19(11-9-16(17)14-18)31-32(29,30)22(23,24)25/h3-15H,1H2,2H3/b20-4+,26-12-. The van der Waals surface area contributed by atoms with E-state index in [0.717, 1.165) is 6.07 Å². The number of alkyl halides is 3. The van der Waals surface area contributed by atoms with Gasteiger partial charge >= 0.3 is 15.6 Å². The summed E-state index contributed by atoms with van der Waals surface area (Å²) < 4.78 is 64.5. The summed E-state index contributed by atoms with van der Waals surface area (Å²) in [5, 5.41) is 1.13. The molecule has 2 aromatic carbocycles. The van der Waals surface area contributed by atoms with Gasteiger partial charge in [0.15, 0.2) is 0 Å².